The highest BCUT2D eigenvalue weighted by atomic mass is 35.5. The Morgan fingerprint density at radius 3 is 2.63 bits per heavy atom. The summed E-state index contributed by atoms with van der Waals surface area (Å²) in [6.45, 7) is 7.59. The van der Waals surface area contributed by atoms with Crippen LogP contribution < -0.4 is 4.90 Å². The Balaban J connectivity index is 3.10. The summed E-state index contributed by atoms with van der Waals surface area (Å²) in [7, 11) is 0. The molecule has 0 saturated heterocycles. The molecular weight excluding hydrogens is 256 g/mol. The Kier molecular flexibility index (Phi) is 6.73. The third kappa shape index (κ3) is 4.14. The molecule has 104 valence electrons. The number of nitrogens with zero attached hydrogens (tertiary/aromatic N) is 2. The molecule has 0 fully saturated rings. The number of nitriles is 1. The van der Waals surface area contributed by atoms with E-state index in [4.69, 9.17) is 11.6 Å². The van der Waals surface area contributed by atoms with Gasteiger partial charge in [-0.1, -0.05) is 26.3 Å². The van der Waals surface area contributed by atoms with E-state index in [2.05, 4.69) is 31.7 Å². The van der Waals surface area contributed by atoms with Crippen molar-refractivity contribution in [2.45, 2.75) is 52.0 Å². The monoisotopic (exact) mass is 278 g/mol. The molecule has 0 aliphatic heterocycles. The normalized spacial score (nSPS) is 11.9. The first-order valence-corrected chi connectivity index (χ1v) is 7.56. The average molecular weight is 279 g/mol. The minimum Gasteiger partial charge on any atom is -0.368 e. The molecule has 0 aliphatic rings. The van der Waals surface area contributed by atoms with Crippen LogP contribution in [0.2, 0.25) is 0 Å². The summed E-state index contributed by atoms with van der Waals surface area (Å²) in [5.74, 6) is 0.452. The van der Waals surface area contributed by atoms with E-state index < -0.39 is 0 Å². The van der Waals surface area contributed by atoms with Gasteiger partial charge in [-0.15, -0.1) is 11.6 Å². The Hall–Kier alpha value is -1.20. The molecule has 0 aromatic heterocycles. The highest BCUT2D eigenvalue weighted by Crippen LogP contribution is 2.25. The number of benzene rings is 1. The van der Waals surface area contributed by atoms with Crippen LogP contribution in [0.3, 0.4) is 0 Å². The minimum atomic E-state index is 0.445. The first-order chi connectivity index (χ1) is 9.17. The molecule has 3 heteroatoms. The van der Waals surface area contributed by atoms with Gasteiger partial charge in [-0.2, -0.15) is 5.26 Å². The Labute approximate surface area is 122 Å². The number of hydrogen-bond acceptors (Lipinski definition) is 2. The largest absolute Gasteiger partial charge is 0.368 e. The molecule has 1 atom stereocenters. The van der Waals surface area contributed by atoms with Crippen molar-refractivity contribution < 1.29 is 0 Å². The zero-order valence-corrected chi connectivity index (χ0v) is 12.9. The Morgan fingerprint density at radius 2 is 2.11 bits per heavy atom. The van der Waals surface area contributed by atoms with Crippen molar-refractivity contribution in [1.29, 1.82) is 5.26 Å². The van der Waals surface area contributed by atoms with Gasteiger partial charge in [0.2, 0.25) is 0 Å². The fourth-order valence-corrected chi connectivity index (χ4v) is 2.30. The molecule has 0 bridgehead atoms. The van der Waals surface area contributed by atoms with Crippen molar-refractivity contribution in [2.24, 2.45) is 0 Å². The zero-order chi connectivity index (χ0) is 14.3. The van der Waals surface area contributed by atoms with Crippen molar-refractivity contribution in [3.05, 3.63) is 29.3 Å². The van der Waals surface area contributed by atoms with E-state index in [1.54, 1.807) is 0 Å². The summed E-state index contributed by atoms with van der Waals surface area (Å²) in [5, 5.41) is 9.35. The molecule has 0 saturated carbocycles. The summed E-state index contributed by atoms with van der Waals surface area (Å²) < 4.78 is 0. The summed E-state index contributed by atoms with van der Waals surface area (Å²) in [6.07, 6.45) is 3.38. The highest BCUT2D eigenvalue weighted by Gasteiger charge is 2.16. The maximum atomic E-state index is 9.35. The van der Waals surface area contributed by atoms with Crippen LogP contribution in [0, 0.1) is 11.3 Å². The van der Waals surface area contributed by atoms with Gasteiger partial charge in [-0.05, 0) is 37.5 Å². The smallest absolute Gasteiger partial charge is 0.101 e. The van der Waals surface area contributed by atoms with E-state index in [1.807, 2.05) is 18.2 Å². The van der Waals surface area contributed by atoms with E-state index in [1.165, 1.54) is 0 Å². The summed E-state index contributed by atoms with van der Waals surface area (Å²) in [6, 6.07) is 8.72. The van der Waals surface area contributed by atoms with Crippen LogP contribution >= 0.6 is 11.6 Å². The molecule has 0 heterocycles. The predicted octanol–water partition coefficient (Wildman–Crippen LogP) is 4.70. The molecule has 1 aromatic rings. The molecule has 0 amide bonds. The Morgan fingerprint density at radius 1 is 1.37 bits per heavy atom. The van der Waals surface area contributed by atoms with E-state index in [0.29, 0.717) is 11.9 Å². The van der Waals surface area contributed by atoms with Crippen LogP contribution in [0.25, 0.3) is 0 Å². The highest BCUT2D eigenvalue weighted by molar-refractivity contribution is 6.17. The first-order valence-electron chi connectivity index (χ1n) is 7.03. The van der Waals surface area contributed by atoms with Crippen LogP contribution in [0.15, 0.2) is 18.2 Å². The second-order valence-corrected chi connectivity index (χ2v) is 5.17. The molecule has 0 aliphatic carbocycles. The van der Waals surface area contributed by atoms with Crippen LogP contribution in [0.1, 0.15) is 51.2 Å². The quantitative estimate of drug-likeness (QED) is 0.676. The van der Waals surface area contributed by atoms with E-state index in [-0.39, 0.29) is 0 Å². The fourth-order valence-electron chi connectivity index (χ4n) is 2.13. The van der Waals surface area contributed by atoms with Gasteiger partial charge in [0.1, 0.15) is 6.07 Å². The molecule has 2 nitrogen and oxygen atoms in total. The number of unbranched alkanes of at least 4 members (excludes halogenated alkanes) is 1. The van der Waals surface area contributed by atoms with Crippen molar-refractivity contribution in [3.63, 3.8) is 0 Å². The number of halogens is 1. The lowest BCUT2D eigenvalue weighted by Crippen LogP contribution is -2.34. The van der Waals surface area contributed by atoms with Crippen molar-refractivity contribution in [3.8, 4) is 6.07 Å². The predicted molar refractivity (Wildman–Crippen MR) is 82.7 cm³/mol. The molecule has 1 rings (SSSR count). The van der Waals surface area contributed by atoms with Gasteiger partial charge in [0.05, 0.1) is 11.3 Å². The number of anilines is 1. The van der Waals surface area contributed by atoms with E-state index >= 15 is 0 Å². The van der Waals surface area contributed by atoms with Gasteiger partial charge in [-0.25, -0.2) is 0 Å². The van der Waals surface area contributed by atoms with Crippen molar-refractivity contribution in [2.75, 3.05) is 11.4 Å². The van der Waals surface area contributed by atoms with Crippen LogP contribution in [-0.4, -0.2) is 12.6 Å². The fraction of sp³-hybridized carbons (Fsp3) is 0.562. The molecule has 19 heavy (non-hydrogen) atoms. The van der Waals surface area contributed by atoms with Crippen molar-refractivity contribution in [1.82, 2.24) is 0 Å². The summed E-state index contributed by atoms with van der Waals surface area (Å²) in [4.78, 5) is 2.35. The number of hydrogen-bond donors (Lipinski definition) is 0. The molecule has 0 radical (unpaired) electrons. The van der Waals surface area contributed by atoms with Crippen LogP contribution in [0.4, 0.5) is 5.69 Å². The topological polar surface area (TPSA) is 27.0 Å². The number of alkyl halides is 1. The first kappa shape index (κ1) is 15.9. The second-order valence-electron chi connectivity index (χ2n) is 4.90. The van der Waals surface area contributed by atoms with E-state index in [9.17, 15) is 5.26 Å². The van der Waals surface area contributed by atoms with Crippen LogP contribution in [0.5, 0.6) is 0 Å². The molecule has 0 spiro atoms. The summed E-state index contributed by atoms with van der Waals surface area (Å²) in [5.41, 5.74) is 2.77. The third-order valence-corrected chi connectivity index (χ3v) is 3.83. The Bertz CT molecular complexity index is 437. The minimum absolute atomic E-state index is 0.445. The molecular formula is C16H23ClN2. The zero-order valence-electron chi connectivity index (χ0n) is 12.1. The van der Waals surface area contributed by atoms with Gasteiger partial charge in [-0.3, -0.25) is 0 Å². The van der Waals surface area contributed by atoms with Gasteiger partial charge in [0.25, 0.3) is 0 Å². The maximum absolute atomic E-state index is 9.35. The van der Waals surface area contributed by atoms with E-state index in [0.717, 1.165) is 42.6 Å². The molecule has 1 aromatic carbocycles. The second kappa shape index (κ2) is 8.07. The van der Waals surface area contributed by atoms with Crippen LogP contribution in [-0.2, 0) is 5.88 Å². The summed E-state index contributed by atoms with van der Waals surface area (Å²) >= 11 is 5.84. The molecule has 0 N–H and O–H groups in total. The van der Waals surface area contributed by atoms with Gasteiger partial charge >= 0.3 is 0 Å². The SMILES string of the molecule is CCCCN(c1ccc(CCl)cc1C#N)C(C)CC. The lowest BCUT2D eigenvalue weighted by Gasteiger charge is -2.31. The molecule has 1 unspecified atom stereocenters. The standard InChI is InChI=1S/C16H23ClN2/c1-4-6-9-19(13(3)5-2)16-8-7-14(11-17)10-15(16)12-18/h7-8,10,13H,4-6,9,11H2,1-3H3. The third-order valence-electron chi connectivity index (χ3n) is 3.52. The lowest BCUT2D eigenvalue weighted by atomic mass is 10.1. The number of rotatable bonds is 7. The van der Waals surface area contributed by atoms with Gasteiger partial charge in [0.15, 0.2) is 0 Å². The lowest BCUT2D eigenvalue weighted by molar-refractivity contribution is 0.595. The van der Waals surface area contributed by atoms with Gasteiger partial charge < -0.3 is 4.90 Å². The van der Waals surface area contributed by atoms with Gasteiger partial charge in [0, 0.05) is 18.5 Å². The van der Waals surface area contributed by atoms with Crippen molar-refractivity contribution >= 4 is 17.3 Å². The maximum Gasteiger partial charge on any atom is 0.101 e. The average Bonchev–Trinajstić information content (AvgIpc) is 2.47.